The zero-order chi connectivity index (χ0) is 8.27. The third-order valence-electron chi connectivity index (χ3n) is 1.99. The zero-order valence-electron chi connectivity index (χ0n) is 5.99. The number of rotatable bonds is 2. The van der Waals surface area contributed by atoms with Crippen LogP contribution in [0.25, 0.3) is 0 Å². The van der Waals surface area contributed by atoms with Crippen LogP contribution in [0, 0.1) is 5.92 Å². The number of aliphatic imine (C=N–C) groups is 1. The second-order valence-electron chi connectivity index (χ2n) is 2.72. The van der Waals surface area contributed by atoms with E-state index < -0.39 is 5.97 Å². The molecular weight excluding hydrogens is 146 g/mol. The number of carbonyl (C=O) groups excluding carboxylic acids is 1. The number of carboxylic acids is 1. The summed E-state index contributed by atoms with van der Waals surface area (Å²) in [7, 11) is 0. The van der Waals surface area contributed by atoms with Crippen LogP contribution < -0.4 is 0 Å². The Labute approximate surface area is 63.9 Å². The summed E-state index contributed by atoms with van der Waals surface area (Å²) in [5, 5.41) is 8.56. The van der Waals surface area contributed by atoms with Crippen LogP contribution in [0.1, 0.15) is 19.3 Å². The number of nitrogens with zero attached hydrogens (tertiary/aromatic N) is 1. The molecular formula is C7H9NO3. The van der Waals surface area contributed by atoms with Crippen molar-refractivity contribution in [2.75, 3.05) is 0 Å². The number of hydrogen-bond acceptors (Lipinski definition) is 3. The van der Waals surface area contributed by atoms with Gasteiger partial charge in [-0.25, -0.2) is 9.79 Å². The van der Waals surface area contributed by atoms with Gasteiger partial charge in [0.1, 0.15) is 0 Å². The van der Waals surface area contributed by atoms with E-state index in [4.69, 9.17) is 5.11 Å². The maximum absolute atomic E-state index is 10.4. The van der Waals surface area contributed by atoms with Crippen molar-refractivity contribution in [3.63, 3.8) is 0 Å². The van der Waals surface area contributed by atoms with E-state index in [0.29, 0.717) is 19.3 Å². The van der Waals surface area contributed by atoms with E-state index in [9.17, 15) is 9.59 Å². The number of carboxylic acid groups (broad SMARTS) is 1. The molecule has 1 fully saturated rings. The molecule has 1 N–H and O–H groups in total. The van der Waals surface area contributed by atoms with Crippen LogP contribution in [0.3, 0.4) is 0 Å². The minimum atomic E-state index is -0.784. The summed E-state index contributed by atoms with van der Waals surface area (Å²) in [6.07, 6.45) is 3.27. The van der Waals surface area contributed by atoms with Gasteiger partial charge in [0.25, 0.3) is 0 Å². The van der Waals surface area contributed by atoms with E-state index in [1.54, 1.807) is 0 Å². The van der Waals surface area contributed by atoms with E-state index in [0.717, 1.165) is 0 Å². The van der Waals surface area contributed by atoms with E-state index in [1.165, 1.54) is 6.08 Å². The summed E-state index contributed by atoms with van der Waals surface area (Å²) in [5.41, 5.74) is 0. The topological polar surface area (TPSA) is 66.7 Å². The van der Waals surface area contributed by atoms with Crippen LogP contribution in [0.2, 0.25) is 0 Å². The summed E-state index contributed by atoms with van der Waals surface area (Å²) in [4.78, 5) is 23.7. The predicted molar refractivity (Wildman–Crippen MR) is 36.9 cm³/mol. The molecule has 4 nitrogen and oxygen atoms in total. The Hall–Kier alpha value is -1.15. The first-order valence-electron chi connectivity index (χ1n) is 3.54. The van der Waals surface area contributed by atoms with E-state index >= 15 is 0 Å². The van der Waals surface area contributed by atoms with Gasteiger partial charge in [-0.05, 0) is 19.3 Å². The largest absolute Gasteiger partial charge is 0.481 e. The first kappa shape index (κ1) is 7.95. The highest BCUT2D eigenvalue weighted by molar-refractivity contribution is 5.70. The minimum absolute atomic E-state index is 0.103. The smallest absolute Gasteiger partial charge is 0.306 e. The van der Waals surface area contributed by atoms with Gasteiger partial charge in [-0.3, -0.25) is 4.79 Å². The van der Waals surface area contributed by atoms with E-state index in [1.807, 2.05) is 0 Å². The SMILES string of the molecule is O=C=NC1CCC(C(=O)O)C1. The van der Waals surface area contributed by atoms with Crippen molar-refractivity contribution in [2.45, 2.75) is 25.3 Å². The third-order valence-corrected chi connectivity index (χ3v) is 1.99. The second-order valence-corrected chi connectivity index (χ2v) is 2.72. The summed E-state index contributed by atoms with van der Waals surface area (Å²) in [6.45, 7) is 0. The van der Waals surface area contributed by atoms with Crippen molar-refractivity contribution in [1.29, 1.82) is 0 Å². The molecule has 1 aliphatic carbocycles. The highest BCUT2D eigenvalue weighted by Crippen LogP contribution is 2.27. The van der Waals surface area contributed by atoms with Gasteiger partial charge in [0.15, 0.2) is 0 Å². The lowest BCUT2D eigenvalue weighted by atomic mass is 10.1. The molecule has 60 valence electrons. The van der Waals surface area contributed by atoms with Gasteiger partial charge in [0.2, 0.25) is 6.08 Å². The highest BCUT2D eigenvalue weighted by Gasteiger charge is 2.29. The van der Waals surface area contributed by atoms with Gasteiger partial charge in [0.05, 0.1) is 12.0 Å². The molecule has 1 aliphatic rings. The zero-order valence-corrected chi connectivity index (χ0v) is 5.99. The van der Waals surface area contributed by atoms with Crippen LogP contribution >= 0.6 is 0 Å². The molecule has 0 bridgehead atoms. The van der Waals surface area contributed by atoms with Crippen molar-refractivity contribution in [1.82, 2.24) is 0 Å². The average molecular weight is 155 g/mol. The standard InChI is InChI=1S/C7H9NO3/c9-4-8-6-2-1-5(3-6)7(10)11/h5-6H,1-3H2,(H,10,11). The van der Waals surface area contributed by atoms with Gasteiger partial charge in [0, 0.05) is 0 Å². The summed E-state index contributed by atoms with van der Waals surface area (Å²) < 4.78 is 0. The highest BCUT2D eigenvalue weighted by atomic mass is 16.4. The van der Waals surface area contributed by atoms with E-state index in [-0.39, 0.29) is 12.0 Å². The predicted octanol–water partition coefficient (Wildman–Crippen LogP) is 0.576. The lowest BCUT2D eigenvalue weighted by molar-refractivity contribution is -0.141. The van der Waals surface area contributed by atoms with Crippen molar-refractivity contribution in [2.24, 2.45) is 10.9 Å². The Bertz CT molecular complexity index is 200. The van der Waals surface area contributed by atoms with Crippen LogP contribution in [-0.2, 0) is 9.59 Å². The van der Waals surface area contributed by atoms with E-state index in [2.05, 4.69) is 4.99 Å². The summed E-state index contributed by atoms with van der Waals surface area (Å²) in [6, 6.07) is -0.103. The fourth-order valence-electron chi connectivity index (χ4n) is 1.37. The van der Waals surface area contributed by atoms with Crippen molar-refractivity contribution in [3.05, 3.63) is 0 Å². The Balaban J connectivity index is 2.46. The maximum atomic E-state index is 10.4. The third kappa shape index (κ3) is 1.88. The molecule has 0 aromatic rings. The molecule has 0 spiro atoms. The van der Waals surface area contributed by atoms with Crippen molar-refractivity contribution >= 4 is 12.0 Å². The van der Waals surface area contributed by atoms with Crippen molar-refractivity contribution in [3.8, 4) is 0 Å². The molecule has 2 unspecified atom stereocenters. The molecule has 0 radical (unpaired) electrons. The molecule has 4 heteroatoms. The average Bonchev–Trinajstić information content (AvgIpc) is 2.37. The monoisotopic (exact) mass is 155 g/mol. The van der Waals surface area contributed by atoms with Crippen LogP contribution in [0.5, 0.6) is 0 Å². The van der Waals surface area contributed by atoms with Gasteiger partial charge in [-0.2, -0.15) is 0 Å². The molecule has 1 rings (SSSR count). The Morgan fingerprint density at radius 2 is 2.27 bits per heavy atom. The molecule has 0 heterocycles. The molecule has 2 atom stereocenters. The van der Waals surface area contributed by atoms with Gasteiger partial charge < -0.3 is 5.11 Å². The van der Waals surface area contributed by atoms with Gasteiger partial charge >= 0.3 is 5.97 Å². The fraction of sp³-hybridized carbons (Fsp3) is 0.714. The second kappa shape index (κ2) is 3.30. The fourth-order valence-corrected chi connectivity index (χ4v) is 1.37. The maximum Gasteiger partial charge on any atom is 0.306 e. The molecule has 1 saturated carbocycles. The van der Waals surface area contributed by atoms with Gasteiger partial charge in [-0.15, -0.1) is 0 Å². The molecule has 0 aromatic heterocycles. The summed E-state index contributed by atoms with van der Waals surface area (Å²) in [5.74, 6) is -1.09. The number of isocyanates is 1. The molecule has 0 amide bonds. The minimum Gasteiger partial charge on any atom is -0.481 e. The number of aliphatic carboxylic acids is 1. The quantitative estimate of drug-likeness (QED) is 0.468. The Kier molecular flexibility index (Phi) is 2.39. The van der Waals surface area contributed by atoms with Crippen LogP contribution in [0.15, 0.2) is 4.99 Å². The Morgan fingerprint density at radius 3 is 2.73 bits per heavy atom. The summed E-state index contributed by atoms with van der Waals surface area (Å²) >= 11 is 0. The Morgan fingerprint density at radius 1 is 1.55 bits per heavy atom. The number of hydrogen-bond donors (Lipinski definition) is 1. The molecule has 11 heavy (non-hydrogen) atoms. The van der Waals surface area contributed by atoms with Crippen LogP contribution in [0.4, 0.5) is 0 Å². The lowest BCUT2D eigenvalue weighted by Gasteiger charge is -1.99. The molecule has 0 aliphatic heterocycles. The first-order valence-corrected chi connectivity index (χ1v) is 3.54. The van der Waals surface area contributed by atoms with Crippen molar-refractivity contribution < 1.29 is 14.7 Å². The molecule has 0 aromatic carbocycles. The normalized spacial score (nSPS) is 29.5. The first-order chi connectivity index (χ1) is 5.24. The lowest BCUT2D eigenvalue weighted by Crippen LogP contribution is -2.10. The van der Waals surface area contributed by atoms with Gasteiger partial charge in [-0.1, -0.05) is 0 Å². The molecule has 0 saturated heterocycles. The van der Waals surface area contributed by atoms with Crippen LogP contribution in [-0.4, -0.2) is 23.2 Å². The number of carbonyl (C=O) groups is 1.